The molecule has 3 nitrogen and oxygen atoms in total. The normalized spacial score (nSPS) is 18.9. The Labute approximate surface area is 132 Å². The molecule has 1 aromatic carbocycles. The molecule has 0 radical (unpaired) electrons. The fourth-order valence-corrected chi connectivity index (χ4v) is 3.95. The lowest BCUT2D eigenvalue weighted by Gasteiger charge is -2.30. The van der Waals surface area contributed by atoms with Gasteiger partial charge in [0.1, 0.15) is 0 Å². The molecule has 1 unspecified atom stereocenters. The third-order valence-corrected chi connectivity index (χ3v) is 5.21. The van der Waals surface area contributed by atoms with Crippen molar-refractivity contribution in [1.29, 1.82) is 0 Å². The molecule has 2 atom stereocenters. The zero-order chi connectivity index (χ0) is 14.8. The summed E-state index contributed by atoms with van der Waals surface area (Å²) in [5, 5.41) is 6.15. The Hall–Kier alpha value is -1.36. The highest BCUT2D eigenvalue weighted by atomic mass is 35.5. The molecule has 3 rings (SSSR count). The van der Waals surface area contributed by atoms with E-state index in [1.807, 2.05) is 24.3 Å². The minimum absolute atomic E-state index is 0.000509. The van der Waals surface area contributed by atoms with Crippen LogP contribution in [0.15, 0.2) is 35.7 Å². The summed E-state index contributed by atoms with van der Waals surface area (Å²) in [4.78, 5) is 13.6. The zero-order valence-electron chi connectivity index (χ0n) is 11.6. The molecule has 0 bridgehead atoms. The fourth-order valence-electron chi connectivity index (χ4n) is 2.83. The first-order valence-electron chi connectivity index (χ1n) is 6.81. The number of halogens is 1. The Morgan fingerprint density at radius 3 is 3.00 bits per heavy atom. The molecule has 0 saturated heterocycles. The summed E-state index contributed by atoms with van der Waals surface area (Å²) in [5.74, 6) is -0.643. The smallest absolute Gasteiger partial charge is 0.314 e. The van der Waals surface area contributed by atoms with E-state index in [4.69, 9.17) is 16.3 Å². The predicted octanol–water partition coefficient (Wildman–Crippen LogP) is 3.37. The fraction of sp³-hybridized carbons (Fsp3) is 0.312. The quantitative estimate of drug-likeness (QED) is 0.881. The van der Waals surface area contributed by atoms with Gasteiger partial charge in [-0.05, 0) is 35.1 Å². The molecule has 110 valence electrons. The van der Waals surface area contributed by atoms with Crippen LogP contribution in [0, 0.1) is 0 Å². The first kappa shape index (κ1) is 14.6. The third-order valence-electron chi connectivity index (χ3n) is 3.90. The minimum Gasteiger partial charge on any atom is -0.469 e. The Morgan fingerprint density at radius 1 is 1.43 bits per heavy atom. The number of hydrogen-bond acceptors (Lipinski definition) is 4. The van der Waals surface area contributed by atoms with Gasteiger partial charge in [-0.2, -0.15) is 0 Å². The van der Waals surface area contributed by atoms with Crippen LogP contribution in [-0.4, -0.2) is 19.1 Å². The summed E-state index contributed by atoms with van der Waals surface area (Å²) >= 11 is 8.03. The van der Waals surface area contributed by atoms with E-state index in [0.29, 0.717) is 5.02 Å². The molecule has 0 fully saturated rings. The highest BCUT2D eigenvalue weighted by Crippen LogP contribution is 2.33. The Bertz CT molecular complexity index is 655. The van der Waals surface area contributed by atoms with Gasteiger partial charge in [0.15, 0.2) is 0 Å². The van der Waals surface area contributed by atoms with Gasteiger partial charge in [0.05, 0.1) is 13.0 Å². The average molecular weight is 322 g/mol. The summed E-state index contributed by atoms with van der Waals surface area (Å²) in [7, 11) is 1.42. The van der Waals surface area contributed by atoms with E-state index >= 15 is 0 Å². The lowest BCUT2D eigenvalue weighted by molar-refractivity contribution is -0.143. The zero-order valence-corrected chi connectivity index (χ0v) is 13.2. The average Bonchev–Trinajstić information content (AvgIpc) is 2.97. The van der Waals surface area contributed by atoms with Crippen LogP contribution in [0.1, 0.15) is 21.9 Å². The van der Waals surface area contributed by atoms with Gasteiger partial charge in [-0.25, -0.2) is 0 Å². The Morgan fingerprint density at radius 2 is 2.24 bits per heavy atom. The van der Waals surface area contributed by atoms with Gasteiger partial charge in [-0.15, -0.1) is 11.3 Å². The van der Waals surface area contributed by atoms with Crippen molar-refractivity contribution in [1.82, 2.24) is 5.32 Å². The SMILES string of the molecule is COC(=O)[C@@H](c1ccccc1Cl)C1Cc2ccsc2CN1. The van der Waals surface area contributed by atoms with E-state index in [2.05, 4.69) is 16.8 Å². The molecule has 2 heterocycles. The topological polar surface area (TPSA) is 38.3 Å². The Balaban J connectivity index is 1.94. The molecule has 2 aromatic rings. The van der Waals surface area contributed by atoms with E-state index in [-0.39, 0.29) is 12.0 Å². The lowest BCUT2D eigenvalue weighted by atomic mass is 9.86. The maximum atomic E-state index is 12.3. The molecule has 0 amide bonds. The van der Waals surface area contributed by atoms with E-state index in [1.165, 1.54) is 17.6 Å². The van der Waals surface area contributed by atoms with Gasteiger partial charge in [0, 0.05) is 22.5 Å². The molecular formula is C16H16ClNO2S. The van der Waals surface area contributed by atoms with Crippen molar-refractivity contribution in [2.24, 2.45) is 0 Å². The standard InChI is InChI=1S/C16H16ClNO2S/c1-20-16(19)15(11-4-2-3-5-12(11)17)13-8-10-6-7-21-14(10)9-18-13/h2-7,13,15,18H,8-9H2,1H3/t13?,15-/m0/s1. The highest BCUT2D eigenvalue weighted by Gasteiger charge is 2.34. The number of benzene rings is 1. The van der Waals surface area contributed by atoms with Crippen molar-refractivity contribution in [3.63, 3.8) is 0 Å². The van der Waals surface area contributed by atoms with Crippen LogP contribution in [0.2, 0.25) is 5.02 Å². The lowest BCUT2D eigenvalue weighted by Crippen LogP contribution is -2.43. The minimum atomic E-state index is -0.392. The summed E-state index contributed by atoms with van der Waals surface area (Å²) in [6.07, 6.45) is 0.809. The number of rotatable bonds is 3. The summed E-state index contributed by atoms with van der Waals surface area (Å²) < 4.78 is 5.01. The number of methoxy groups -OCH3 is 1. The second kappa shape index (κ2) is 6.18. The van der Waals surface area contributed by atoms with Crippen LogP contribution < -0.4 is 5.32 Å². The van der Waals surface area contributed by atoms with Crippen LogP contribution >= 0.6 is 22.9 Å². The van der Waals surface area contributed by atoms with Gasteiger partial charge < -0.3 is 10.1 Å². The molecular weight excluding hydrogens is 306 g/mol. The first-order valence-corrected chi connectivity index (χ1v) is 8.07. The molecule has 1 aliphatic rings. The molecule has 1 aromatic heterocycles. The second-order valence-corrected chi connectivity index (χ2v) is 6.49. The largest absolute Gasteiger partial charge is 0.469 e. The monoisotopic (exact) mass is 321 g/mol. The predicted molar refractivity (Wildman–Crippen MR) is 84.9 cm³/mol. The molecule has 0 aliphatic carbocycles. The maximum absolute atomic E-state index is 12.3. The number of hydrogen-bond donors (Lipinski definition) is 1. The molecule has 0 spiro atoms. The number of nitrogens with one attached hydrogen (secondary N) is 1. The van der Waals surface area contributed by atoms with Crippen molar-refractivity contribution in [3.8, 4) is 0 Å². The van der Waals surface area contributed by atoms with Crippen molar-refractivity contribution in [2.45, 2.75) is 24.9 Å². The number of carbonyl (C=O) groups is 1. The summed E-state index contributed by atoms with van der Waals surface area (Å²) in [6.45, 7) is 0.787. The van der Waals surface area contributed by atoms with Crippen LogP contribution in [0.25, 0.3) is 0 Å². The van der Waals surface area contributed by atoms with Crippen LogP contribution in [0.4, 0.5) is 0 Å². The molecule has 5 heteroatoms. The molecule has 1 N–H and O–H groups in total. The van der Waals surface area contributed by atoms with Crippen LogP contribution in [0.5, 0.6) is 0 Å². The van der Waals surface area contributed by atoms with Crippen molar-refractivity contribution < 1.29 is 9.53 Å². The molecule has 0 saturated carbocycles. The van der Waals surface area contributed by atoms with Crippen molar-refractivity contribution >= 4 is 28.9 Å². The maximum Gasteiger partial charge on any atom is 0.314 e. The Kier molecular flexibility index (Phi) is 4.29. The van der Waals surface area contributed by atoms with E-state index in [1.54, 1.807) is 11.3 Å². The molecule has 21 heavy (non-hydrogen) atoms. The van der Waals surface area contributed by atoms with Gasteiger partial charge >= 0.3 is 5.97 Å². The second-order valence-electron chi connectivity index (χ2n) is 5.08. The summed E-state index contributed by atoms with van der Waals surface area (Å²) in [5.41, 5.74) is 2.13. The van der Waals surface area contributed by atoms with Gasteiger partial charge in [-0.1, -0.05) is 29.8 Å². The van der Waals surface area contributed by atoms with E-state index in [0.717, 1.165) is 18.5 Å². The summed E-state index contributed by atoms with van der Waals surface area (Å²) in [6, 6.07) is 9.61. The van der Waals surface area contributed by atoms with E-state index in [9.17, 15) is 4.79 Å². The number of carbonyl (C=O) groups excluding carboxylic acids is 1. The van der Waals surface area contributed by atoms with Crippen molar-refractivity contribution in [3.05, 3.63) is 56.7 Å². The molecule has 1 aliphatic heterocycles. The number of fused-ring (bicyclic) bond motifs is 1. The van der Waals surface area contributed by atoms with Gasteiger partial charge in [-0.3, -0.25) is 4.79 Å². The van der Waals surface area contributed by atoms with Crippen LogP contribution in [-0.2, 0) is 22.5 Å². The van der Waals surface area contributed by atoms with Crippen LogP contribution in [0.3, 0.4) is 0 Å². The van der Waals surface area contributed by atoms with Gasteiger partial charge in [0.2, 0.25) is 0 Å². The number of thiophene rings is 1. The third kappa shape index (κ3) is 2.84. The van der Waals surface area contributed by atoms with Crippen molar-refractivity contribution in [2.75, 3.05) is 7.11 Å². The van der Waals surface area contributed by atoms with E-state index < -0.39 is 5.92 Å². The van der Waals surface area contributed by atoms with Gasteiger partial charge in [0.25, 0.3) is 0 Å². The first-order chi connectivity index (χ1) is 10.2. The number of esters is 1. The highest BCUT2D eigenvalue weighted by molar-refractivity contribution is 7.10. The number of ether oxygens (including phenoxy) is 1.